The predicted octanol–water partition coefficient (Wildman–Crippen LogP) is 2.23. The van der Waals surface area contributed by atoms with Gasteiger partial charge in [-0.2, -0.15) is 0 Å². The molecule has 2 aliphatic heterocycles. The Hall–Kier alpha value is -2.16. The van der Waals surface area contributed by atoms with Crippen LogP contribution in [0.2, 0.25) is 0 Å². The lowest BCUT2D eigenvalue weighted by molar-refractivity contribution is -0.387. The SMILES string of the molecule is CS(=O)(=O)c1cccc(N2CCC(CN3CCCCC3=O)CC2)c1[N+](=O)[O-]. The molecule has 2 heterocycles. The Morgan fingerprint density at radius 2 is 1.89 bits per heavy atom. The van der Waals surface area contributed by atoms with E-state index in [0.29, 0.717) is 31.1 Å². The van der Waals surface area contributed by atoms with Crippen LogP contribution in [0.4, 0.5) is 11.4 Å². The molecule has 0 aromatic heterocycles. The Bertz CT molecular complexity index is 831. The van der Waals surface area contributed by atoms with Crippen LogP contribution in [0.5, 0.6) is 0 Å². The number of hydrogen-bond acceptors (Lipinski definition) is 6. The second kappa shape index (κ2) is 7.84. The fourth-order valence-corrected chi connectivity index (χ4v) is 4.83. The van der Waals surface area contributed by atoms with Crippen LogP contribution in [0.25, 0.3) is 0 Å². The number of carbonyl (C=O) groups excluding carboxylic acids is 1. The van der Waals surface area contributed by atoms with E-state index >= 15 is 0 Å². The molecule has 9 heteroatoms. The molecule has 0 bridgehead atoms. The summed E-state index contributed by atoms with van der Waals surface area (Å²) in [4.78, 5) is 26.5. The van der Waals surface area contributed by atoms with E-state index in [4.69, 9.17) is 0 Å². The molecule has 0 N–H and O–H groups in total. The summed E-state index contributed by atoms with van der Waals surface area (Å²) in [5.41, 5.74) is 0.0140. The molecule has 1 aromatic carbocycles. The third-order valence-corrected chi connectivity index (χ3v) is 6.54. The molecule has 2 saturated heterocycles. The number of amides is 1. The van der Waals surface area contributed by atoms with E-state index in [1.54, 1.807) is 12.1 Å². The summed E-state index contributed by atoms with van der Waals surface area (Å²) in [6.45, 7) is 2.79. The average molecular weight is 395 g/mol. The lowest BCUT2D eigenvalue weighted by atomic mass is 9.94. The number of nitrogens with zero attached hydrogens (tertiary/aromatic N) is 3. The Morgan fingerprint density at radius 1 is 1.19 bits per heavy atom. The Balaban J connectivity index is 1.73. The minimum atomic E-state index is -3.69. The van der Waals surface area contributed by atoms with Crippen LogP contribution in [0.3, 0.4) is 0 Å². The molecule has 0 atom stereocenters. The largest absolute Gasteiger partial charge is 0.366 e. The van der Waals surface area contributed by atoms with E-state index in [1.807, 2.05) is 9.80 Å². The van der Waals surface area contributed by atoms with Crippen molar-refractivity contribution < 1.29 is 18.1 Å². The molecule has 2 aliphatic rings. The quantitative estimate of drug-likeness (QED) is 0.560. The molecule has 1 amide bonds. The Morgan fingerprint density at radius 3 is 2.48 bits per heavy atom. The number of nitro benzene ring substituents is 1. The molecule has 0 aliphatic carbocycles. The first-order chi connectivity index (χ1) is 12.8. The first-order valence-corrected chi connectivity index (χ1v) is 11.2. The maximum Gasteiger partial charge on any atom is 0.311 e. The topological polar surface area (TPSA) is 101 Å². The van der Waals surface area contributed by atoms with Gasteiger partial charge in [0.15, 0.2) is 9.84 Å². The molecule has 0 radical (unpaired) electrons. The zero-order chi connectivity index (χ0) is 19.6. The van der Waals surface area contributed by atoms with Crippen LogP contribution in [-0.4, -0.2) is 56.6 Å². The van der Waals surface area contributed by atoms with Crippen LogP contribution in [0.1, 0.15) is 32.1 Å². The monoisotopic (exact) mass is 395 g/mol. The first-order valence-electron chi connectivity index (χ1n) is 9.27. The van der Waals surface area contributed by atoms with Gasteiger partial charge < -0.3 is 9.80 Å². The second-order valence-electron chi connectivity index (χ2n) is 7.38. The van der Waals surface area contributed by atoms with E-state index < -0.39 is 14.8 Å². The van der Waals surface area contributed by atoms with Crippen LogP contribution in [0.15, 0.2) is 23.1 Å². The van der Waals surface area contributed by atoms with Gasteiger partial charge >= 0.3 is 5.69 Å². The highest BCUT2D eigenvalue weighted by Crippen LogP contribution is 2.36. The molecule has 0 spiro atoms. The van der Waals surface area contributed by atoms with Crippen molar-refractivity contribution in [2.75, 3.05) is 37.3 Å². The number of benzene rings is 1. The van der Waals surface area contributed by atoms with Gasteiger partial charge in [-0.05, 0) is 43.7 Å². The number of piperidine rings is 2. The highest BCUT2D eigenvalue weighted by molar-refractivity contribution is 7.90. The molecule has 2 fully saturated rings. The molecule has 3 rings (SSSR count). The normalized spacial score (nSPS) is 19.4. The Kier molecular flexibility index (Phi) is 5.69. The van der Waals surface area contributed by atoms with E-state index in [0.717, 1.165) is 45.0 Å². The highest BCUT2D eigenvalue weighted by atomic mass is 32.2. The summed E-state index contributed by atoms with van der Waals surface area (Å²) in [5, 5.41) is 11.6. The average Bonchev–Trinajstić information content (AvgIpc) is 2.63. The van der Waals surface area contributed by atoms with Crippen molar-refractivity contribution in [1.82, 2.24) is 4.90 Å². The van der Waals surface area contributed by atoms with Gasteiger partial charge in [0.2, 0.25) is 5.91 Å². The number of nitro groups is 1. The minimum Gasteiger partial charge on any atom is -0.366 e. The lowest BCUT2D eigenvalue weighted by Gasteiger charge is -2.37. The van der Waals surface area contributed by atoms with Crippen molar-refractivity contribution in [2.45, 2.75) is 37.0 Å². The van der Waals surface area contributed by atoms with Gasteiger partial charge in [0, 0.05) is 38.9 Å². The van der Waals surface area contributed by atoms with Gasteiger partial charge in [-0.15, -0.1) is 0 Å². The van der Waals surface area contributed by atoms with E-state index in [1.165, 1.54) is 6.07 Å². The van der Waals surface area contributed by atoms with Crippen LogP contribution in [-0.2, 0) is 14.6 Å². The van der Waals surface area contributed by atoms with Crippen molar-refractivity contribution in [3.8, 4) is 0 Å². The van der Waals surface area contributed by atoms with Gasteiger partial charge in [0.1, 0.15) is 10.6 Å². The third kappa shape index (κ3) is 4.40. The highest BCUT2D eigenvalue weighted by Gasteiger charge is 2.31. The lowest BCUT2D eigenvalue weighted by Crippen LogP contribution is -2.42. The number of para-hydroxylation sites is 1. The summed E-state index contributed by atoms with van der Waals surface area (Å²) < 4.78 is 23.9. The van der Waals surface area contributed by atoms with Crippen molar-refractivity contribution in [1.29, 1.82) is 0 Å². The molecule has 0 unspecified atom stereocenters. The molecule has 0 saturated carbocycles. The van der Waals surface area contributed by atoms with Gasteiger partial charge in [-0.25, -0.2) is 8.42 Å². The van der Waals surface area contributed by atoms with Crippen molar-refractivity contribution >= 4 is 27.1 Å². The van der Waals surface area contributed by atoms with Crippen molar-refractivity contribution in [2.24, 2.45) is 5.92 Å². The third-order valence-electron chi connectivity index (χ3n) is 5.41. The van der Waals surface area contributed by atoms with Crippen LogP contribution in [0, 0.1) is 16.0 Å². The van der Waals surface area contributed by atoms with E-state index in [9.17, 15) is 23.3 Å². The first kappa shape index (κ1) is 19.6. The summed E-state index contributed by atoms with van der Waals surface area (Å²) in [6, 6.07) is 4.45. The molecular weight excluding hydrogens is 370 g/mol. The number of anilines is 1. The minimum absolute atomic E-state index is 0.222. The van der Waals surface area contributed by atoms with Gasteiger partial charge in [-0.3, -0.25) is 14.9 Å². The van der Waals surface area contributed by atoms with Crippen LogP contribution >= 0.6 is 0 Å². The maximum atomic E-state index is 12.0. The van der Waals surface area contributed by atoms with Gasteiger partial charge in [0.05, 0.1) is 4.92 Å². The molecule has 148 valence electrons. The molecule has 27 heavy (non-hydrogen) atoms. The second-order valence-corrected chi connectivity index (χ2v) is 9.36. The predicted molar refractivity (Wildman–Crippen MR) is 102 cm³/mol. The fourth-order valence-electron chi connectivity index (χ4n) is 3.97. The smallest absolute Gasteiger partial charge is 0.311 e. The summed E-state index contributed by atoms with van der Waals surface area (Å²) in [6.07, 6.45) is 5.28. The van der Waals surface area contributed by atoms with E-state index in [-0.39, 0.29) is 16.5 Å². The molecule has 8 nitrogen and oxygen atoms in total. The summed E-state index contributed by atoms with van der Waals surface area (Å²) in [5.74, 6) is 0.598. The zero-order valence-electron chi connectivity index (χ0n) is 15.5. The zero-order valence-corrected chi connectivity index (χ0v) is 16.3. The van der Waals surface area contributed by atoms with Gasteiger partial charge in [0.25, 0.3) is 0 Å². The van der Waals surface area contributed by atoms with Crippen molar-refractivity contribution in [3.05, 3.63) is 28.3 Å². The van der Waals surface area contributed by atoms with Gasteiger partial charge in [-0.1, -0.05) is 6.07 Å². The van der Waals surface area contributed by atoms with Crippen LogP contribution < -0.4 is 4.90 Å². The number of hydrogen-bond donors (Lipinski definition) is 0. The maximum absolute atomic E-state index is 12.0. The molecular formula is C18H25N3O5S. The van der Waals surface area contributed by atoms with Crippen molar-refractivity contribution in [3.63, 3.8) is 0 Å². The summed E-state index contributed by atoms with van der Waals surface area (Å²) in [7, 11) is -3.69. The van der Waals surface area contributed by atoms with E-state index in [2.05, 4.69) is 0 Å². The number of rotatable bonds is 5. The standard InChI is InChI=1S/C18H25N3O5S/c1-27(25,26)16-6-4-5-15(18(16)21(23)24)19-11-8-14(9-12-19)13-20-10-3-2-7-17(20)22/h4-6,14H,2-3,7-13H2,1H3. The number of sulfone groups is 1. The number of likely N-dealkylation sites (tertiary alicyclic amines) is 1. The summed E-state index contributed by atoms with van der Waals surface area (Å²) >= 11 is 0. The number of carbonyl (C=O) groups is 1. The fraction of sp³-hybridized carbons (Fsp3) is 0.611. The Labute approximate surface area is 159 Å². The molecule has 1 aromatic rings.